The standard InChI is InChI=1S/C56H38N2O/c1-56(2)51-34-42(36-9-5-4-6-10-36)19-29-48(51)49-30-28-46(35-52(49)56)58(45-26-22-43(57-3)23-27-45)44-24-17-38(18-25-44)37-13-15-39(16-14-37)41-21-31-53-50(33-41)55-47-12-8-7-11-40(47)20-32-54(55)59-53/h4-35H,1-2H3. The molecule has 9 aromatic carbocycles. The van der Waals surface area contributed by atoms with Crippen LogP contribution in [0.1, 0.15) is 25.0 Å². The topological polar surface area (TPSA) is 20.7 Å². The predicted molar refractivity (Wildman–Crippen MR) is 246 cm³/mol. The van der Waals surface area contributed by atoms with Crippen LogP contribution in [-0.2, 0) is 5.41 Å². The van der Waals surface area contributed by atoms with Crippen molar-refractivity contribution >= 4 is 55.5 Å². The molecule has 0 aliphatic heterocycles. The number of benzene rings is 9. The Morgan fingerprint density at radius 1 is 0.441 bits per heavy atom. The maximum atomic E-state index is 7.57. The van der Waals surface area contributed by atoms with Gasteiger partial charge >= 0.3 is 0 Å². The Morgan fingerprint density at radius 2 is 0.966 bits per heavy atom. The number of fused-ring (bicyclic) bond motifs is 8. The molecule has 1 aromatic heterocycles. The second-order valence-electron chi connectivity index (χ2n) is 16.0. The van der Waals surface area contributed by atoms with Crippen LogP contribution < -0.4 is 4.90 Å². The average molecular weight is 755 g/mol. The van der Waals surface area contributed by atoms with E-state index in [2.05, 4.69) is 193 Å². The highest BCUT2D eigenvalue weighted by molar-refractivity contribution is 6.19. The Kier molecular flexibility index (Phi) is 7.90. The van der Waals surface area contributed by atoms with Gasteiger partial charge < -0.3 is 9.32 Å². The summed E-state index contributed by atoms with van der Waals surface area (Å²) in [7, 11) is 0. The molecule has 0 saturated carbocycles. The number of hydrogen-bond donors (Lipinski definition) is 0. The SMILES string of the molecule is [C-]#[N+]c1ccc(N(c2ccc(-c3ccc(-c4ccc5oc6ccc7ccccc7c6c5c4)cc3)cc2)c2ccc3c(c2)C(C)(C)c2cc(-c4ccccc4)ccc2-3)cc1. The molecule has 3 heteroatoms. The molecule has 11 rings (SSSR count). The first kappa shape index (κ1) is 34.6. The summed E-state index contributed by atoms with van der Waals surface area (Å²) >= 11 is 0. The first-order chi connectivity index (χ1) is 28.9. The van der Waals surface area contributed by atoms with Crippen LogP contribution >= 0.6 is 0 Å². The third-order valence-corrected chi connectivity index (χ3v) is 12.3. The zero-order valence-electron chi connectivity index (χ0n) is 32.8. The molecule has 0 unspecified atom stereocenters. The van der Waals surface area contributed by atoms with E-state index in [0.717, 1.165) is 55.9 Å². The summed E-state index contributed by atoms with van der Waals surface area (Å²) in [5.74, 6) is 0. The third-order valence-electron chi connectivity index (χ3n) is 12.3. The van der Waals surface area contributed by atoms with Gasteiger partial charge in [0.2, 0.25) is 0 Å². The molecule has 0 amide bonds. The molecule has 10 aromatic rings. The van der Waals surface area contributed by atoms with E-state index in [4.69, 9.17) is 11.0 Å². The van der Waals surface area contributed by atoms with Crippen LogP contribution in [0.4, 0.5) is 22.7 Å². The van der Waals surface area contributed by atoms with Gasteiger partial charge in [-0.3, -0.25) is 0 Å². The van der Waals surface area contributed by atoms with E-state index in [9.17, 15) is 0 Å². The lowest BCUT2D eigenvalue weighted by Crippen LogP contribution is -2.16. The van der Waals surface area contributed by atoms with E-state index in [1.165, 1.54) is 49.5 Å². The zero-order valence-corrected chi connectivity index (χ0v) is 32.8. The van der Waals surface area contributed by atoms with Gasteiger partial charge in [0.1, 0.15) is 11.2 Å². The van der Waals surface area contributed by atoms with Crippen molar-refractivity contribution in [3.05, 3.63) is 217 Å². The van der Waals surface area contributed by atoms with Crippen molar-refractivity contribution in [3.8, 4) is 44.5 Å². The van der Waals surface area contributed by atoms with Gasteiger partial charge in [-0.1, -0.05) is 147 Å². The first-order valence-electron chi connectivity index (χ1n) is 20.1. The van der Waals surface area contributed by atoms with Gasteiger partial charge in [0.05, 0.1) is 6.57 Å². The van der Waals surface area contributed by atoms with E-state index < -0.39 is 0 Å². The normalized spacial score (nSPS) is 12.7. The van der Waals surface area contributed by atoms with Gasteiger partial charge in [-0.05, 0) is 127 Å². The van der Waals surface area contributed by atoms with E-state index in [0.29, 0.717) is 5.69 Å². The molecule has 0 N–H and O–H groups in total. The largest absolute Gasteiger partial charge is 0.456 e. The molecule has 1 aliphatic rings. The van der Waals surface area contributed by atoms with E-state index >= 15 is 0 Å². The van der Waals surface area contributed by atoms with Crippen molar-refractivity contribution in [2.75, 3.05) is 4.90 Å². The highest BCUT2D eigenvalue weighted by Gasteiger charge is 2.36. The second-order valence-corrected chi connectivity index (χ2v) is 16.0. The minimum atomic E-state index is -0.187. The molecule has 0 atom stereocenters. The molecule has 0 spiro atoms. The predicted octanol–water partition coefficient (Wildman–Crippen LogP) is 16.1. The van der Waals surface area contributed by atoms with Crippen LogP contribution in [0.15, 0.2) is 199 Å². The fraction of sp³-hybridized carbons (Fsp3) is 0.0536. The maximum Gasteiger partial charge on any atom is 0.187 e. The third kappa shape index (κ3) is 5.72. The van der Waals surface area contributed by atoms with Crippen molar-refractivity contribution in [2.45, 2.75) is 19.3 Å². The molecule has 3 nitrogen and oxygen atoms in total. The minimum absolute atomic E-state index is 0.187. The number of anilines is 3. The summed E-state index contributed by atoms with van der Waals surface area (Å²) in [6, 6.07) is 69.2. The molecular formula is C56H38N2O. The molecule has 59 heavy (non-hydrogen) atoms. The summed E-state index contributed by atoms with van der Waals surface area (Å²) in [6.07, 6.45) is 0. The van der Waals surface area contributed by atoms with Gasteiger partial charge in [-0.2, -0.15) is 0 Å². The van der Waals surface area contributed by atoms with E-state index in [-0.39, 0.29) is 5.41 Å². The Labute approximate surface area is 343 Å². The average Bonchev–Trinajstić information content (AvgIpc) is 3.78. The molecule has 1 heterocycles. The minimum Gasteiger partial charge on any atom is -0.456 e. The quantitative estimate of drug-likeness (QED) is 0.158. The number of hydrogen-bond acceptors (Lipinski definition) is 2. The summed E-state index contributed by atoms with van der Waals surface area (Å²) in [5, 5.41) is 4.72. The van der Waals surface area contributed by atoms with Gasteiger partial charge in [0.25, 0.3) is 0 Å². The number of furan rings is 1. The van der Waals surface area contributed by atoms with Crippen LogP contribution in [0, 0.1) is 6.57 Å². The molecule has 278 valence electrons. The summed E-state index contributed by atoms with van der Waals surface area (Å²) in [5.41, 5.74) is 17.7. The number of rotatable bonds is 6. The smallest absolute Gasteiger partial charge is 0.187 e. The van der Waals surface area contributed by atoms with Gasteiger partial charge in [0, 0.05) is 33.2 Å². The zero-order chi connectivity index (χ0) is 39.7. The van der Waals surface area contributed by atoms with Crippen molar-refractivity contribution in [1.82, 2.24) is 0 Å². The van der Waals surface area contributed by atoms with Crippen molar-refractivity contribution in [1.29, 1.82) is 0 Å². The van der Waals surface area contributed by atoms with Crippen molar-refractivity contribution < 1.29 is 4.42 Å². The summed E-state index contributed by atoms with van der Waals surface area (Å²) in [6.45, 7) is 12.2. The highest BCUT2D eigenvalue weighted by atomic mass is 16.3. The fourth-order valence-corrected chi connectivity index (χ4v) is 9.18. The Bertz CT molecular complexity index is 3280. The highest BCUT2D eigenvalue weighted by Crippen LogP contribution is 2.52. The number of nitrogens with zero attached hydrogens (tertiary/aromatic N) is 2. The Balaban J connectivity index is 0.924. The molecule has 0 radical (unpaired) electrons. The monoisotopic (exact) mass is 754 g/mol. The van der Waals surface area contributed by atoms with Crippen LogP contribution in [-0.4, -0.2) is 0 Å². The first-order valence-corrected chi connectivity index (χ1v) is 20.1. The Hall–Kier alpha value is -7.67. The fourth-order valence-electron chi connectivity index (χ4n) is 9.18. The molecule has 0 fully saturated rings. The van der Waals surface area contributed by atoms with Crippen LogP contribution in [0.2, 0.25) is 0 Å². The lowest BCUT2D eigenvalue weighted by atomic mass is 9.81. The van der Waals surface area contributed by atoms with Crippen LogP contribution in [0.3, 0.4) is 0 Å². The van der Waals surface area contributed by atoms with Gasteiger partial charge in [-0.25, -0.2) is 4.85 Å². The lowest BCUT2D eigenvalue weighted by molar-refractivity contribution is 0.660. The Morgan fingerprint density at radius 3 is 1.69 bits per heavy atom. The molecule has 1 aliphatic carbocycles. The summed E-state index contributed by atoms with van der Waals surface area (Å²) in [4.78, 5) is 5.97. The van der Waals surface area contributed by atoms with Crippen molar-refractivity contribution in [3.63, 3.8) is 0 Å². The molecule has 0 saturated heterocycles. The maximum absolute atomic E-state index is 7.57. The van der Waals surface area contributed by atoms with Crippen LogP contribution in [0.5, 0.6) is 0 Å². The van der Waals surface area contributed by atoms with E-state index in [1.54, 1.807) is 0 Å². The second kappa shape index (κ2) is 13.5. The van der Waals surface area contributed by atoms with Crippen molar-refractivity contribution in [2.24, 2.45) is 0 Å². The van der Waals surface area contributed by atoms with Gasteiger partial charge in [0.15, 0.2) is 5.69 Å². The molecular weight excluding hydrogens is 717 g/mol. The lowest BCUT2D eigenvalue weighted by Gasteiger charge is -2.28. The van der Waals surface area contributed by atoms with Gasteiger partial charge in [-0.15, -0.1) is 0 Å². The summed E-state index contributed by atoms with van der Waals surface area (Å²) < 4.78 is 6.27. The van der Waals surface area contributed by atoms with Crippen LogP contribution in [0.25, 0.3) is 82.1 Å². The van der Waals surface area contributed by atoms with E-state index in [1.807, 2.05) is 24.3 Å². The molecule has 0 bridgehead atoms.